The molecule has 6 nitrogen and oxygen atoms in total. The summed E-state index contributed by atoms with van der Waals surface area (Å²) in [6.07, 6.45) is 0. The molecule has 0 atom stereocenters. The molecule has 22 heavy (non-hydrogen) atoms. The van der Waals surface area contributed by atoms with Gasteiger partial charge in [0, 0.05) is 21.7 Å². The van der Waals surface area contributed by atoms with Crippen LogP contribution in [0.4, 0.5) is 11.4 Å². The highest BCUT2D eigenvalue weighted by molar-refractivity contribution is 5.81. The van der Waals surface area contributed by atoms with Crippen LogP contribution in [0.1, 0.15) is 11.5 Å². The molecule has 0 radical (unpaired) electrons. The SMILES string of the molecule is Cc1nc(CNc2ccc(N=[N+]=[N-])cc2)c2ccccc2n1. The lowest BCUT2D eigenvalue weighted by Crippen LogP contribution is -2.04. The summed E-state index contributed by atoms with van der Waals surface area (Å²) < 4.78 is 0. The van der Waals surface area contributed by atoms with Gasteiger partial charge in [0.2, 0.25) is 0 Å². The summed E-state index contributed by atoms with van der Waals surface area (Å²) in [5.74, 6) is 0.759. The Morgan fingerprint density at radius 1 is 1.09 bits per heavy atom. The Labute approximate surface area is 127 Å². The Balaban J connectivity index is 1.83. The molecule has 0 unspecified atom stereocenters. The molecule has 0 aliphatic heterocycles. The van der Waals surface area contributed by atoms with E-state index in [0.717, 1.165) is 28.1 Å². The molecule has 6 heteroatoms. The van der Waals surface area contributed by atoms with Crippen molar-refractivity contribution >= 4 is 22.3 Å². The Morgan fingerprint density at radius 2 is 1.86 bits per heavy atom. The highest BCUT2D eigenvalue weighted by Crippen LogP contribution is 2.19. The van der Waals surface area contributed by atoms with Gasteiger partial charge in [-0.25, -0.2) is 9.97 Å². The largest absolute Gasteiger partial charge is 0.379 e. The van der Waals surface area contributed by atoms with Crippen molar-refractivity contribution in [3.63, 3.8) is 0 Å². The molecule has 108 valence electrons. The average molecular weight is 290 g/mol. The van der Waals surface area contributed by atoms with Gasteiger partial charge in [0.25, 0.3) is 0 Å². The van der Waals surface area contributed by atoms with Gasteiger partial charge >= 0.3 is 0 Å². The molecule has 0 bridgehead atoms. The highest BCUT2D eigenvalue weighted by Gasteiger charge is 2.05. The minimum Gasteiger partial charge on any atom is -0.379 e. The first-order chi connectivity index (χ1) is 10.8. The zero-order valence-corrected chi connectivity index (χ0v) is 12.1. The van der Waals surface area contributed by atoms with Crippen molar-refractivity contribution < 1.29 is 0 Å². The number of benzene rings is 2. The van der Waals surface area contributed by atoms with E-state index in [1.165, 1.54) is 0 Å². The number of nitrogens with zero attached hydrogens (tertiary/aromatic N) is 5. The molecular formula is C16H14N6. The Kier molecular flexibility index (Phi) is 3.85. The van der Waals surface area contributed by atoms with Crippen LogP contribution in [-0.4, -0.2) is 9.97 Å². The maximum atomic E-state index is 8.40. The van der Waals surface area contributed by atoms with Gasteiger partial charge in [0.15, 0.2) is 0 Å². The third-order valence-electron chi connectivity index (χ3n) is 3.28. The number of rotatable bonds is 4. The minimum atomic E-state index is 0.594. The molecule has 0 aliphatic carbocycles. The van der Waals surface area contributed by atoms with E-state index >= 15 is 0 Å². The summed E-state index contributed by atoms with van der Waals surface area (Å²) in [6.45, 7) is 2.50. The van der Waals surface area contributed by atoms with Crippen molar-refractivity contribution in [2.45, 2.75) is 13.5 Å². The number of nitrogens with one attached hydrogen (secondary N) is 1. The van der Waals surface area contributed by atoms with Crippen LogP contribution in [-0.2, 0) is 6.54 Å². The minimum absolute atomic E-state index is 0.594. The maximum absolute atomic E-state index is 8.40. The van der Waals surface area contributed by atoms with Crippen LogP contribution in [0.15, 0.2) is 53.6 Å². The molecule has 0 aliphatic rings. The Morgan fingerprint density at radius 3 is 2.64 bits per heavy atom. The van der Waals surface area contributed by atoms with Gasteiger partial charge in [-0.2, -0.15) is 0 Å². The molecule has 3 aromatic rings. The fraction of sp³-hybridized carbons (Fsp3) is 0.125. The first-order valence-electron chi connectivity index (χ1n) is 6.87. The lowest BCUT2D eigenvalue weighted by Gasteiger charge is -2.09. The Hall–Kier alpha value is -3.11. The van der Waals surface area contributed by atoms with E-state index in [9.17, 15) is 0 Å². The molecule has 1 aromatic heterocycles. The monoisotopic (exact) mass is 290 g/mol. The summed E-state index contributed by atoms with van der Waals surface area (Å²) >= 11 is 0. The van der Waals surface area contributed by atoms with Gasteiger partial charge in [-0.05, 0) is 30.7 Å². The molecule has 0 saturated heterocycles. The van der Waals surface area contributed by atoms with Gasteiger partial charge in [-0.3, -0.25) is 0 Å². The van der Waals surface area contributed by atoms with Crippen molar-refractivity contribution in [3.8, 4) is 0 Å². The third kappa shape index (κ3) is 2.97. The van der Waals surface area contributed by atoms with E-state index in [1.807, 2.05) is 43.3 Å². The quantitative estimate of drug-likeness (QED) is 0.436. The van der Waals surface area contributed by atoms with Crippen molar-refractivity contribution in [2.24, 2.45) is 5.11 Å². The second-order valence-corrected chi connectivity index (χ2v) is 4.82. The number of hydrogen-bond acceptors (Lipinski definition) is 4. The first kappa shape index (κ1) is 13.9. The fourth-order valence-corrected chi connectivity index (χ4v) is 2.29. The molecule has 0 saturated carbocycles. The number of aryl methyl sites for hydroxylation is 1. The van der Waals surface area contributed by atoms with Crippen molar-refractivity contribution in [1.29, 1.82) is 0 Å². The predicted molar refractivity (Wildman–Crippen MR) is 86.8 cm³/mol. The molecule has 0 fully saturated rings. The van der Waals surface area contributed by atoms with Gasteiger partial charge in [0.1, 0.15) is 5.82 Å². The van der Waals surface area contributed by atoms with Gasteiger partial charge in [0.05, 0.1) is 17.8 Å². The topological polar surface area (TPSA) is 86.6 Å². The number of para-hydroxylation sites is 1. The predicted octanol–water partition coefficient (Wildman–Crippen LogP) is 4.49. The van der Waals surface area contributed by atoms with E-state index in [2.05, 4.69) is 25.3 Å². The average Bonchev–Trinajstić information content (AvgIpc) is 2.54. The van der Waals surface area contributed by atoms with Crippen LogP contribution in [0.2, 0.25) is 0 Å². The zero-order valence-electron chi connectivity index (χ0n) is 12.1. The van der Waals surface area contributed by atoms with Crippen LogP contribution in [0.3, 0.4) is 0 Å². The standard InChI is InChI=1S/C16H14N6/c1-11-19-15-5-3-2-4-14(15)16(20-11)10-18-12-6-8-13(9-7-12)21-22-17/h2-9,18H,10H2,1H3. The zero-order chi connectivity index (χ0) is 15.4. The van der Waals surface area contributed by atoms with E-state index in [0.29, 0.717) is 12.2 Å². The second kappa shape index (κ2) is 6.11. The van der Waals surface area contributed by atoms with Crippen LogP contribution in [0.25, 0.3) is 21.3 Å². The first-order valence-corrected chi connectivity index (χ1v) is 6.87. The highest BCUT2D eigenvalue weighted by atomic mass is 15.1. The van der Waals surface area contributed by atoms with Crippen LogP contribution < -0.4 is 5.32 Å². The molecule has 1 heterocycles. The van der Waals surface area contributed by atoms with Crippen LogP contribution in [0.5, 0.6) is 0 Å². The van der Waals surface area contributed by atoms with E-state index in [1.54, 1.807) is 12.1 Å². The van der Waals surface area contributed by atoms with Gasteiger partial charge in [-0.15, -0.1) is 0 Å². The van der Waals surface area contributed by atoms with Gasteiger partial charge < -0.3 is 5.32 Å². The summed E-state index contributed by atoms with van der Waals surface area (Å²) in [6, 6.07) is 15.3. The summed E-state index contributed by atoms with van der Waals surface area (Å²) in [5, 5.41) is 7.92. The molecule has 0 spiro atoms. The molecule has 3 rings (SSSR count). The van der Waals surface area contributed by atoms with Crippen molar-refractivity contribution in [3.05, 3.63) is 70.5 Å². The van der Waals surface area contributed by atoms with Crippen molar-refractivity contribution in [1.82, 2.24) is 9.97 Å². The smallest absolute Gasteiger partial charge is 0.126 e. The number of fused-ring (bicyclic) bond motifs is 1. The van der Waals surface area contributed by atoms with Crippen LogP contribution >= 0.6 is 0 Å². The summed E-state index contributed by atoms with van der Waals surface area (Å²) in [5.41, 5.74) is 11.8. The summed E-state index contributed by atoms with van der Waals surface area (Å²) in [7, 11) is 0. The normalized spacial score (nSPS) is 10.2. The number of anilines is 1. The second-order valence-electron chi connectivity index (χ2n) is 4.82. The van der Waals surface area contributed by atoms with Crippen LogP contribution in [0, 0.1) is 6.92 Å². The third-order valence-corrected chi connectivity index (χ3v) is 3.28. The maximum Gasteiger partial charge on any atom is 0.126 e. The van der Waals surface area contributed by atoms with E-state index in [4.69, 9.17) is 5.53 Å². The molecule has 0 amide bonds. The van der Waals surface area contributed by atoms with Crippen molar-refractivity contribution in [2.75, 3.05) is 5.32 Å². The number of azide groups is 1. The van der Waals surface area contributed by atoms with Gasteiger partial charge in [-0.1, -0.05) is 35.4 Å². The number of aromatic nitrogens is 2. The van der Waals surface area contributed by atoms with E-state index < -0.39 is 0 Å². The molecule has 1 N–H and O–H groups in total. The summed E-state index contributed by atoms with van der Waals surface area (Å²) in [4.78, 5) is 11.7. The lowest BCUT2D eigenvalue weighted by atomic mass is 10.2. The van der Waals surface area contributed by atoms with E-state index in [-0.39, 0.29) is 0 Å². The molecular weight excluding hydrogens is 276 g/mol. The fourth-order valence-electron chi connectivity index (χ4n) is 2.29. The molecule has 2 aromatic carbocycles. The Bertz CT molecular complexity index is 850. The lowest BCUT2D eigenvalue weighted by molar-refractivity contribution is 0.988. The number of hydrogen-bond donors (Lipinski definition) is 1.